The van der Waals surface area contributed by atoms with Gasteiger partial charge in [0.25, 0.3) is 0 Å². The van der Waals surface area contributed by atoms with Crippen LogP contribution in [0.4, 0.5) is 5.69 Å². The highest BCUT2D eigenvalue weighted by molar-refractivity contribution is 5.61. The lowest BCUT2D eigenvalue weighted by molar-refractivity contribution is 0.328. The molecular formula is C11H11N5O. The van der Waals surface area contributed by atoms with Crippen LogP contribution in [0.2, 0.25) is 0 Å². The highest BCUT2D eigenvalue weighted by atomic mass is 16.5. The number of nitrogens with zero attached hydrogens (tertiary/aromatic N) is 4. The average molecular weight is 229 g/mol. The minimum atomic E-state index is 0.321. The molecule has 0 fully saturated rings. The van der Waals surface area contributed by atoms with Gasteiger partial charge < -0.3 is 10.5 Å². The predicted molar refractivity (Wildman–Crippen MR) is 61.7 cm³/mol. The Balaban J connectivity index is 2.53. The van der Waals surface area contributed by atoms with Crippen LogP contribution in [0.3, 0.4) is 0 Å². The molecule has 86 valence electrons. The summed E-state index contributed by atoms with van der Waals surface area (Å²) in [7, 11) is 0. The largest absolute Gasteiger partial charge is 0.476 e. The summed E-state index contributed by atoms with van der Waals surface area (Å²) in [5, 5.41) is 8.95. The van der Waals surface area contributed by atoms with Crippen LogP contribution in [0.15, 0.2) is 24.7 Å². The van der Waals surface area contributed by atoms with Crippen LogP contribution >= 0.6 is 0 Å². The molecule has 2 N–H and O–H groups in total. The topological polar surface area (TPSA) is 89.8 Å². The van der Waals surface area contributed by atoms with Crippen molar-refractivity contribution in [1.29, 1.82) is 5.26 Å². The quantitative estimate of drug-likeness (QED) is 0.851. The van der Waals surface area contributed by atoms with Crippen molar-refractivity contribution >= 4 is 5.69 Å². The van der Waals surface area contributed by atoms with Crippen LogP contribution in [0, 0.1) is 11.3 Å². The molecule has 0 spiro atoms. The number of hydrogen-bond donors (Lipinski definition) is 1. The van der Waals surface area contributed by atoms with Crippen molar-refractivity contribution in [2.75, 3.05) is 12.3 Å². The van der Waals surface area contributed by atoms with Crippen molar-refractivity contribution in [3.63, 3.8) is 0 Å². The van der Waals surface area contributed by atoms with E-state index in [1.165, 1.54) is 6.33 Å². The molecule has 0 saturated heterocycles. The van der Waals surface area contributed by atoms with Crippen LogP contribution in [0.25, 0.3) is 5.82 Å². The van der Waals surface area contributed by atoms with E-state index in [2.05, 4.69) is 16.0 Å². The minimum Gasteiger partial charge on any atom is -0.476 e. The maximum atomic E-state index is 8.95. The lowest BCUT2D eigenvalue weighted by Gasteiger charge is -2.10. The number of ether oxygens (including phenoxy) is 1. The smallest absolute Gasteiger partial charge is 0.242 e. The van der Waals surface area contributed by atoms with Gasteiger partial charge in [-0.3, -0.25) is 4.57 Å². The Morgan fingerprint density at radius 2 is 2.35 bits per heavy atom. The molecule has 2 heterocycles. The highest BCUT2D eigenvalue weighted by Gasteiger charge is 2.12. The molecule has 2 aromatic heterocycles. The third-order valence-corrected chi connectivity index (χ3v) is 2.20. The van der Waals surface area contributed by atoms with Gasteiger partial charge in [0, 0.05) is 6.20 Å². The molecule has 0 radical (unpaired) electrons. The Morgan fingerprint density at radius 1 is 1.53 bits per heavy atom. The molecule has 2 aromatic rings. The SMILES string of the molecule is CCOc1ncnc(-n2cccc2C#N)c1N. The van der Waals surface area contributed by atoms with E-state index in [0.717, 1.165) is 0 Å². The zero-order valence-electron chi connectivity index (χ0n) is 9.29. The summed E-state index contributed by atoms with van der Waals surface area (Å²) < 4.78 is 6.87. The van der Waals surface area contributed by atoms with Crippen molar-refractivity contribution in [3.05, 3.63) is 30.4 Å². The Morgan fingerprint density at radius 3 is 3.06 bits per heavy atom. The van der Waals surface area contributed by atoms with E-state index in [-0.39, 0.29) is 0 Å². The van der Waals surface area contributed by atoms with Gasteiger partial charge >= 0.3 is 0 Å². The molecule has 6 heteroatoms. The van der Waals surface area contributed by atoms with E-state index in [4.69, 9.17) is 15.7 Å². The zero-order chi connectivity index (χ0) is 12.3. The molecule has 6 nitrogen and oxygen atoms in total. The molecule has 0 atom stereocenters. The fourth-order valence-corrected chi connectivity index (χ4v) is 1.47. The zero-order valence-corrected chi connectivity index (χ0v) is 9.29. The Kier molecular flexibility index (Phi) is 2.92. The number of hydrogen-bond acceptors (Lipinski definition) is 5. The van der Waals surface area contributed by atoms with Gasteiger partial charge in [0.1, 0.15) is 23.8 Å². The number of nitrogen functional groups attached to an aromatic ring is 1. The number of nitriles is 1. The van der Waals surface area contributed by atoms with Crippen LogP contribution in [0.1, 0.15) is 12.6 Å². The van der Waals surface area contributed by atoms with Crippen molar-refractivity contribution in [3.8, 4) is 17.8 Å². The minimum absolute atomic E-state index is 0.321. The summed E-state index contributed by atoms with van der Waals surface area (Å²) in [5.41, 5.74) is 6.68. The van der Waals surface area contributed by atoms with E-state index < -0.39 is 0 Å². The normalized spacial score (nSPS) is 9.88. The number of anilines is 1. The molecule has 0 bridgehead atoms. The molecule has 0 aliphatic heterocycles. The monoisotopic (exact) mass is 229 g/mol. The Hall–Kier alpha value is -2.55. The molecule has 0 saturated carbocycles. The number of nitrogens with two attached hydrogens (primary N) is 1. The summed E-state index contributed by atoms with van der Waals surface area (Å²) in [6.07, 6.45) is 3.07. The predicted octanol–water partition coefficient (Wildman–Crippen LogP) is 1.12. The highest BCUT2D eigenvalue weighted by Crippen LogP contribution is 2.24. The first-order chi connectivity index (χ1) is 8.27. The van der Waals surface area contributed by atoms with Gasteiger partial charge in [-0.05, 0) is 19.1 Å². The van der Waals surface area contributed by atoms with Gasteiger partial charge in [0.15, 0.2) is 5.82 Å². The second kappa shape index (κ2) is 4.53. The Bertz CT molecular complexity index is 569. The molecule has 0 unspecified atom stereocenters. The first-order valence-corrected chi connectivity index (χ1v) is 5.09. The van der Waals surface area contributed by atoms with E-state index in [0.29, 0.717) is 29.7 Å². The van der Waals surface area contributed by atoms with E-state index in [9.17, 15) is 0 Å². The summed E-state index contributed by atoms with van der Waals surface area (Å²) >= 11 is 0. The van der Waals surface area contributed by atoms with E-state index >= 15 is 0 Å². The van der Waals surface area contributed by atoms with Gasteiger partial charge in [0.2, 0.25) is 5.88 Å². The van der Waals surface area contributed by atoms with Gasteiger partial charge in [-0.2, -0.15) is 10.2 Å². The second-order valence-corrected chi connectivity index (χ2v) is 3.22. The summed E-state index contributed by atoms with van der Waals surface area (Å²) in [4.78, 5) is 8.01. The van der Waals surface area contributed by atoms with Gasteiger partial charge in [0.05, 0.1) is 6.61 Å². The van der Waals surface area contributed by atoms with Crippen molar-refractivity contribution in [2.45, 2.75) is 6.92 Å². The fraction of sp³-hybridized carbons (Fsp3) is 0.182. The van der Waals surface area contributed by atoms with Crippen LogP contribution in [0.5, 0.6) is 5.88 Å². The van der Waals surface area contributed by atoms with Crippen LogP contribution < -0.4 is 10.5 Å². The van der Waals surface area contributed by atoms with Gasteiger partial charge in [-0.15, -0.1) is 0 Å². The Labute approximate surface area is 98.3 Å². The van der Waals surface area contributed by atoms with E-state index in [1.807, 2.05) is 6.92 Å². The molecule has 0 aliphatic rings. The molecule has 2 rings (SSSR count). The maximum Gasteiger partial charge on any atom is 0.242 e. The average Bonchev–Trinajstić information content (AvgIpc) is 2.80. The fourth-order valence-electron chi connectivity index (χ4n) is 1.47. The molecular weight excluding hydrogens is 218 g/mol. The summed E-state index contributed by atoms with van der Waals surface area (Å²) in [6, 6.07) is 5.49. The standard InChI is InChI=1S/C11H11N5O/c1-2-17-11-9(13)10(14-7-15-11)16-5-3-4-8(16)6-12/h3-5,7H,2,13H2,1H3. The molecule has 0 aromatic carbocycles. The number of aromatic nitrogens is 3. The van der Waals surface area contributed by atoms with E-state index in [1.54, 1.807) is 22.9 Å². The molecule has 17 heavy (non-hydrogen) atoms. The summed E-state index contributed by atoms with van der Waals surface area (Å²) in [5.74, 6) is 0.778. The van der Waals surface area contributed by atoms with Crippen molar-refractivity contribution in [1.82, 2.24) is 14.5 Å². The summed E-state index contributed by atoms with van der Waals surface area (Å²) in [6.45, 7) is 2.31. The second-order valence-electron chi connectivity index (χ2n) is 3.22. The first-order valence-electron chi connectivity index (χ1n) is 5.09. The van der Waals surface area contributed by atoms with Gasteiger partial charge in [-0.25, -0.2) is 4.98 Å². The third-order valence-electron chi connectivity index (χ3n) is 2.20. The lowest BCUT2D eigenvalue weighted by atomic mass is 10.4. The van der Waals surface area contributed by atoms with Crippen molar-refractivity contribution < 1.29 is 4.74 Å². The first kappa shape index (κ1) is 11.0. The molecule has 0 amide bonds. The van der Waals surface area contributed by atoms with Crippen LogP contribution in [-0.2, 0) is 0 Å². The van der Waals surface area contributed by atoms with Gasteiger partial charge in [-0.1, -0.05) is 0 Å². The lowest BCUT2D eigenvalue weighted by Crippen LogP contribution is -2.07. The van der Waals surface area contributed by atoms with Crippen molar-refractivity contribution in [2.24, 2.45) is 0 Å². The number of rotatable bonds is 3. The molecule has 0 aliphatic carbocycles. The maximum absolute atomic E-state index is 8.95. The third kappa shape index (κ3) is 1.90. The van der Waals surface area contributed by atoms with Crippen LogP contribution in [-0.4, -0.2) is 21.1 Å².